The lowest BCUT2D eigenvalue weighted by Gasteiger charge is -2.22. The summed E-state index contributed by atoms with van der Waals surface area (Å²) in [6, 6.07) is 19.4. The zero-order chi connectivity index (χ0) is 13.5. The lowest BCUT2D eigenvalue weighted by atomic mass is 10.2. The summed E-state index contributed by atoms with van der Waals surface area (Å²) in [7, 11) is 0. The van der Waals surface area contributed by atoms with E-state index in [1.54, 1.807) is 0 Å². The third-order valence-corrected chi connectivity index (χ3v) is 4.15. The second kappa shape index (κ2) is 7.25. The molecule has 19 heavy (non-hydrogen) atoms. The first-order chi connectivity index (χ1) is 9.29. The SMILES string of the molecule is CCN(CCSc1ccc(C)cc1)c1ccccc1. The molecule has 100 valence electrons. The van der Waals surface area contributed by atoms with Gasteiger partial charge in [0.25, 0.3) is 0 Å². The number of para-hydroxylation sites is 1. The second-order valence-electron chi connectivity index (χ2n) is 4.58. The van der Waals surface area contributed by atoms with Gasteiger partial charge >= 0.3 is 0 Å². The van der Waals surface area contributed by atoms with Crippen LogP contribution in [0, 0.1) is 6.92 Å². The van der Waals surface area contributed by atoms with Crippen LogP contribution in [0.1, 0.15) is 12.5 Å². The fraction of sp³-hybridized carbons (Fsp3) is 0.294. The molecule has 0 fully saturated rings. The van der Waals surface area contributed by atoms with Crippen molar-refractivity contribution >= 4 is 17.4 Å². The van der Waals surface area contributed by atoms with Crippen LogP contribution >= 0.6 is 11.8 Å². The number of nitrogens with zero attached hydrogens (tertiary/aromatic N) is 1. The minimum absolute atomic E-state index is 1.05. The van der Waals surface area contributed by atoms with Gasteiger partial charge in [-0.3, -0.25) is 0 Å². The molecule has 0 aromatic heterocycles. The van der Waals surface area contributed by atoms with E-state index in [-0.39, 0.29) is 0 Å². The van der Waals surface area contributed by atoms with Crippen LogP contribution in [-0.4, -0.2) is 18.8 Å². The van der Waals surface area contributed by atoms with Gasteiger partial charge in [0.05, 0.1) is 0 Å². The van der Waals surface area contributed by atoms with Crippen molar-refractivity contribution in [3.8, 4) is 0 Å². The zero-order valence-electron chi connectivity index (χ0n) is 11.7. The largest absolute Gasteiger partial charge is 0.371 e. The molecule has 0 amide bonds. The van der Waals surface area contributed by atoms with E-state index in [1.165, 1.54) is 16.1 Å². The molecule has 1 nitrogen and oxygen atoms in total. The van der Waals surface area contributed by atoms with E-state index in [4.69, 9.17) is 0 Å². The van der Waals surface area contributed by atoms with Gasteiger partial charge in [0.2, 0.25) is 0 Å². The summed E-state index contributed by atoms with van der Waals surface area (Å²) >= 11 is 1.93. The van der Waals surface area contributed by atoms with Crippen molar-refractivity contribution in [1.82, 2.24) is 0 Å². The summed E-state index contributed by atoms with van der Waals surface area (Å²) < 4.78 is 0. The van der Waals surface area contributed by atoms with Gasteiger partial charge in [0.15, 0.2) is 0 Å². The van der Waals surface area contributed by atoms with E-state index in [1.807, 2.05) is 11.8 Å². The minimum Gasteiger partial charge on any atom is -0.371 e. The maximum atomic E-state index is 2.42. The monoisotopic (exact) mass is 271 g/mol. The molecule has 0 aliphatic heterocycles. The van der Waals surface area contributed by atoms with Crippen LogP contribution < -0.4 is 4.90 Å². The Morgan fingerprint density at radius 1 is 0.947 bits per heavy atom. The summed E-state index contributed by atoms with van der Waals surface area (Å²) in [5.41, 5.74) is 2.64. The van der Waals surface area contributed by atoms with Gasteiger partial charge in [-0.25, -0.2) is 0 Å². The highest BCUT2D eigenvalue weighted by Gasteiger charge is 2.03. The van der Waals surface area contributed by atoms with Gasteiger partial charge < -0.3 is 4.90 Å². The minimum atomic E-state index is 1.05. The molecule has 0 bridgehead atoms. The Morgan fingerprint density at radius 3 is 2.26 bits per heavy atom. The number of hydrogen-bond acceptors (Lipinski definition) is 2. The third-order valence-electron chi connectivity index (χ3n) is 3.15. The first kappa shape index (κ1) is 14.0. The molecule has 2 aromatic carbocycles. The summed E-state index contributed by atoms with van der Waals surface area (Å²) in [5.74, 6) is 1.12. The Kier molecular flexibility index (Phi) is 5.34. The van der Waals surface area contributed by atoms with Crippen molar-refractivity contribution < 1.29 is 0 Å². The molecule has 0 aliphatic rings. The van der Waals surface area contributed by atoms with E-state index in [0.717, 1.165) is 18.8 Å². The van der Waals surface area contributed by atoms with Crippen LogP contribution in [-0.2, 0) is 0 Å². The highest BCUT2D eigenvalue weighted by atomic mass is 32.2. The lowest BCUT2D eigenvalue weighted by molar-refractivity contribution is 0.872. The van der Waals surface area contributed by atoms with Crippen molar-refractivity contribution in [2.75, 3.05) is 23.7 Å². The van der Waals surface area contributed by atoms with Gasteiger partial charge in [0, 0.05) is 29.4 Å². The van der Waals surface area contributed by atoms with Crippen molar-refractivity contribution in [2.45, 2.75) is 18.7 Å². The maximum Gasteiger partial charge on any atom is 0.0366 e. The van der Waals surface area contributed by atoms with Crippen LogP contribution in [0.5, 0.6) is 0 Å². The van der Waals surface area contributed by atoms with E-state index in [0.29, 0.717) is 0 Å². The van der Waals surface area contributed by atoms with Gasteiger partial charge in [-0.15, -0.1) is 11.8 Å². The normalized spacial score (nSPS) is 10.4. The fourth-order valence-electron chi connectivity index (χ4n) is 2.02. The van der Waals surface area contributed by atoms with Crippen molar-refractivity contribution in [1.29, 1.82) is 0 Å². The van der Waals surface area contributed by atoms with Crippen molar-refractivity contribution in [3.63, 3.8) is 0 Å². The molecule has 2 heteroatoms. The van der Waals surface area contributed by atoms with Crippen molar-refractivity contribution in [2.24, 2.45) is 0 Å². The Morgan fingerprint density at radius 2 is 1.63 bits per heavy atom. The first-order valence-electron chi connectivity index (χ1n) is 6.79. The maximum absolute atomic E-state index is 2.42. The molecule has 2 aromatic rings. The van der Waals surface area contributed by atoms with Gasteiger partial charge in [-0.2, -0.15) is 0 Å². The lowest BCUT2D eigenvalue weighted by Crippen LogP contribution is -2.25. The Bertz CT molecular complexity index is 478. The highest BCUT2D eigenvalue weighted by Crippen LogP contribution is 2.20. The standard InChI is InChI=1S/C17H21NS/c1-3-18(16-7-5-4-6-8-16)13-14-19-17-11-9-15(2)10-12-17/h4-12H,3,13-14H2,1-2H3. The van der Waals surface area contributed by atoms with E-state index < -0.39 is 0 Å². The van der Waals surface area contributed by atoms with E-state index in [9.17, 15) is 0 Å². The van der Waals surface area contributed by atoms with Gasteiger partial charge in [-0.1, -0.05) is 35.9 Å². The molecule has 0 radical (unpaired) electrons. The molecule has 0 saturated carbocycles. The van der Waals surface area contributed by atoms with Crippen LogP contribution in [0.25, 0.3) is 0 Å². The van der Waals surface area contributed by atoms with Crippen LogP contribution in [0.15, 0.2) is 59.5 Å². The molecular formula is C17H21NS. The summed E-state index contributed by atoms with van der Waals surface area (Å²) in [4.78, 5) is 3.77. The van der Waals surface area contributed by atoms with E-state index in [2.05, 4.69) is 73.3 Å². The molecular weight excluding hydrogens is 250 g/mol. The summed E-state index contributed by atoms with van der Waals surface area (Å²) in [6.07, 6.45) is 0. The van der Waals surface area contributed by atoms with Crippen molar-refractivity contribution in [3.05, 3.63) is 60.2 Å². The predicted molar refractivity (Wildman–Crippen MR) is 86.2 cm³/mol. The molecule has 0 atom stereocenters. The predicted octanol–water partition coefficient (Wildman–Crippen LogP) is 4.61. The van der Waals surface area contributed by atoms with Crippen LogP contribution in [0.4, 0.5) is 5.69 Å². The average Bonchev–Trinajstić information content (AvgIpc) is 2.46. The number of hydrogen-bond donors (Lipinski definition) is 0. The fourth-order valence-corrected chi connectivity index (χ4v) is 2.89. The number of thioether (sulfide) groups is 1. The Hall–Kier alpha value is -1.41. The first-order valence-corrected chi connectivity index (χ1v) is 7.77. The highest BCUT2D eigenvalue weighted by molar-refractivity contribution is 7.99. The molecule has 2 rings (SSSR count). The zero-order valence-corrected chi connectivity index (χ0v) is 12.5. The average molecular weight is 271 g/mol. The van der Waals surface area contributed by atoms with Gasteiger partial charge in [-0.05, 0) is 38.1 Å². The molecule has 0 saturated heterocycles. The topological polar surface area (TPSA) is 3.24 Å². The Labute approximate surface area is 120 Å². The second-order valence-corrected chi connectivity index (χ2v) is 5.75. The Balaban J connectivity index is 1.85. The quantitative estimate of drug-likeness (QED) is 0.706. The number of benzene rings is 2. The molecule has 0 N–H and O–H groups in total. The van der Waals surface area contributed by atoms with E-state index >= 15 is 0 Å². The van der Waals surface area contributed by atoms with Crippen LogP contribution in [0.2, 0.25) is 0 Å². The number of rotatable bonds is 6. The van der Waals surface area contributed by atoms with Crippen LogP contribution in [0.3, 0.4) is 0 Å². The molecule has 0 spiro atoms. The third kappa shape index (κ3) is 4.32. The number of anilines is 1. The number of aryl methyl sites for hydroxylation is 1. The summed E-state index contributed by atoms with van der Waals surface area (Å²) in [5, 5.41) is 0. The van der Waals surface area contributed by atoms with Gasteiger partial charge in [0.1, 0.15) is 0 Å². The molecule has 0 heterocycles. The molecule has 0 aliphatic carbocycles. The smallest absolute Gasteiger partial charge is 0.0366 e. The molecule has 0 unspecified atom stereocenters. The summed E-state index contributed by atoms with van der Waals surface area (Å²) in [6.45, 7) is 6.48.